The van der Waals surface area contributed by atoms with Crippen molar-refractivity contribution in [3.8, 4) is 17.2 Å². The van der Waals surface area contributed by atoms with Crippen LogP contribution in [0, 0.1) is 0 Å². The van der Waals surface area contributed by atoms with Crippen LogP contribution in [0.2, 0.25) is 0 Å². The van der Waals surface area contributed by atoms with Gasteiger partial charge in [0.2, 0.25) is 20.0 Å². The van der Waals surface area contributed by atoms with E-state index < -0.39 is 44.3 Å². The van der Waals surface area contributed by atoms with Crippen LogP contribution in [0.4, 0.5) is 36.6 Å². The van der Waals surface area contributed by atoms with Crippen molar-refractivity contribution >= 4 is 68.9 Å². The van der Waals surface area contributed by atoms with Crippen LogP contribution in [0.3, 0.4) is 0 Å². The molecule has 2 aliphatic heterocycles. The summed E-state index contributed by atoms with van der Waals surface area (Å²) < 4.78 is 142. The maximum Gasteiger partial charge on any atom is 0.573 e. The van der Waals surface area contributed by atoms with E-state index in [1.165, 1.54) is 31.3 Å². The Morgan fingerprint density at radius 1 is 0.567 bits per heavy atom. The molecule has 6 aromatic rings. The van der Waals surface area contributed by atoms with Gasteiger partial charge in [0, 0.05) is 80.4 Å². The molecule has 2 saturated heterocycles. The number of rotatable bonds is 13. The second-order valence-electron chi connectivity index (χ2n) is 14.9. The molecule has 67 heavy (non-hydrogen) atoms. The molecule has 0 unspecified atom stereocenters. The smallest absolute Gasteiger partial charge is 0.497 e. The second-order valence-corrected chi connectivity index (χ2v) is 21.4. The van der Waals surface area contributed by atoms with E-state index in [0.29, 0.717) is 39.0 Å². The van der Waals surface area contributed by atoms with E-state index in [9.17, 15) is 43.2 Å². The molecule has 24 heteroatoms. The number of hydrogen-bond acceptors (Lipinski definition) is 13. The number of sulfonamides is 2. The largest absolute Gasteiger partial charge is 0.573 e. The fourth-order valence-corrected chi connectivity index (χ4v) is 12.1. The van der Waals surface area contributed by atoms with Crippen molar-refractivity contribution in [2.75, 3.05) is 69.3 Å². The van der Waals surface area contributed by atoms with Crippen molar-refractivity contribution in [2.24, 2.45) is 0 Å². The molecule has 0 saturated carbocycles. The highest BCUT2D eigenvalue weighted by Gasteiger charge is 2.34. The van der Waals surface area contributed by atoms with Gasteiger partial charge in [-0.05, 0) is 83.9 Å². The highest BCUT2D eigenvalue weighted by Crippen LogP contribution is 2.30. The number of anilines is 2. The van der Waals surface area contributed by atoms with Crippen LogP contribution < -0.4 is 24.0 Å². The summed E-state index contributed by atoms with van der Waals surface area (Å²) in [5, 5.41) is 5.65. The third-order valence-electron chi connectivity index (χ3n) is 10.3. The number of nitrogens with zero attached hydrogens (tertiary/aromatic N) is 6. The normalized spacial score (nSPS) is 15.5. The molecule has 4 aromatic carbocycles. The zero-order valence-electron chi connectivity index (χ0n) is 35.3. The molecule has 0 spiro atoms. The molecule has 0 bridgehead atoms. The minimum Gasteiger partial charge on any atom is -0.497 e. The summed E-state index contributed by atoms with van der Waals surface area (Å²) in [5.74, 6) is -0.147. The molecule has 2 fully saturated rings. The van der Waals surface area contributed by atoms with E-state index in [-0.39, 0.29) is 36.0 Å². The van der Waals surface area contributed by atoms with Gasteiger partial charge < -0.3 is 24.0 Å². The van der Waals surface area contributed by atoms with Gasteiger partial charge in [-0.15, -0.1) is 49.0 Å². The lowest BCUT2D eigenvalue weighted by Gasteiger charge is -2.33. The summed E-state index contributed by atoms with van der Waals surface area (Å²) >= 11 is 6.49. The first-order valence-corrected chi connectivity index (χ1v) is 25.7. The van der Waals surface area contributed by atoms with Crippen LogP contribution in [0.15, 0.2) is 122 Å². The van der Waals surface area contributed by atoms with E-state index in [1.54, 1.807) is 7.11 Å². The fraction of sp³-hybridized carbons (Fsp3) is 0.302. The van der Waals surface area contributed by atoms with Gasteiger partial charge in [0.15, 0.2) is 10.3 Å². The van der Waals surface area contributed by atoms with Gasteiger partial charge in [0.25, 0.3) is 0 Å². The Balaban J connectivity index is 0.000000199. The third-order valence-corrected chi connectivity index (χ3v) is 16.5. The molecule has 358 valence electrons. The number of methoxy groups -OCH3 is 1. The minimum atomic E-state index is -4.83. The average molecular weight is 1080 g/mol. The summed E-state index contributed by atoms with van der Waals surface area (Å²) in [7, 11) is -6.03. The first-order valence-electron chi connectivity index (χ1n) is 20.2. The van der Waals surface area contributed by atoms with Crippen LogP contribution in [0.5, 0.6) is 17.2 Å². The molecule has 13 nitrogen and oxygen atoms in total. The SMILES string of the molecule is COc1cccc(Cc2csc(N3CCN(S(=O)(=O)c4ccc(OC(F)(F)F)cc4)CC3)n2)c1.O=S(=O)(c1ccc(OC(F)(F)F)cc1)N1CCN(c2nc(Cc3cccc(Br)c3)cs2)CC1. The van der Waals surface area contributed by atoms with Crippen LogP contribution in [-0.4, -0.2) is 108 Å². The second kappa shape index (κ2) is 21.1. The molecule has 2 aromatic heterocycles. The quantitative estimate of drug-likeness (QED) is 0.103. The molecule has 0 radical (unpaired) electrons. The maximum absolute atomic E-state index is 12.9. The number of ether oxygens (including phenoxy) is 3. The topological polar surface area (TPSA) is 135 Å². The summed E-state index contributed by atoms with van der Waals surface area (Å²) in [6.45, 7) is 2.85. The van der Waals surface area contributed by atoms with Crippen LogP contribution in [0.1, 0.15) is 22.5 Å². The van der Waals surface area contributed by atoms with Gasteiger partial charge in [0.1, 0.15) is 17.2 Å². The first-order chi connectivity index (χ1) is 31.7. The predicted molar refractivity (Wildman–Crippen MR) is 245 cm³/mol. The van der Waals surface area contributed by atoms with Crippen molar-refractivity contribution < 1.29 is 57.4 Å². The van der Waals surface area contributed by atoms with E-state index in [1.807, 2.05) is 69.1 Å². The Labute approximate surface area is 399 Å². The summed E-state index contributed by atoms with van der Waals surface area (Å²) in [5.41, 5.74) is 4.09. The molecule has 8 rings (SSSR count). The number of aromatic nitrogens is 2. The Kier molecular flexibility index (Phi) is 15.7. The Hall–Kier alpha value is -4.98. The van der Waals surface area contributed by atoms with Crippen molar-refractivity contribution in [3.63, 3.8) is 0 Å². The van der Waals surface area contributed by atoms with Gasteiger partial charge in [-0.1, -0.05) is 40.2 Å². The highest BCUT2D eigenvalue weighted by atomic mass is 79.9. The molecule has 0 atom stereocenters. The number of benzene rings is 4. The number of alkyl halides is 6. The summed E-state index contributed by atoms with van der Waals surface area (Å²) in [4.78, 5) is 13.3. The number of halogens is 7. The molecule has 2 aliphatic rings. The van der Waals surface area contributed by atoms with Crippen molar-refractivity contribution in [2.45, 2.75) is 35.4 Å². The van der Waals surface area contributed by atoms with Crippen LogP contribution >= 0.6 is 38.6 Å². The van der Waals surface area contributed by atoms with Crippen molar-refractivity contribution in [3.05, 3.63) is 135 Å². The summed E-state index contributed by atoms with van der Waals surface area (Å²) in [6.07, 6.45) is -8.29. The average Bonchev–Trinajstić information content (AvgIpc) is 3.96. The molecule has 0 amide bonds. The van der Waals surface area contributed by atoms with Crippen LogP contribution in [0.25, 0.3) is 0 Å². The zero-order chi connectivity index (χ0) is 48.0. The van der Waals surface area contributed by atoms with E-state index >= 15 is 0 Å². The number of thiazole rings is 2. The van der Waals surface area contributed by atoms with Gasteiger partial charge >= 0.3 is 12.7 Å². The lowest BCUT2D eigenvalue weighted by molar-refractivity contribution is -0.275. The maximum atomic E-state index is 12.9. The lowest BCUT2D eigenvalue weighted by Crippen LogP contribution is -2.48. The Bertz CT molecular complexity index is 2820. The monoisotopic (exact) mass is 1070 g/mol. The van der Waals surface area contributed by atoms with Crippen molar-refractivity contribution in [1.82, 2.24) is 18.6 Å². The van der Waals surface area contributed by atoms with E-state index in [2.05, 4.69) is 25.4 Å². The third kappa shape index (κ3) is 13.6. The molecule has 0 aliphatic carbocycles. The number of piperazine rings is 2. The van der Waals surface area contributed by atoms with Gasteiger partial charge in [0.05, 0.1) is 28.3 Å². The van der Waals surface area contributed by atoms with Gasteiger partial charge in [-0.3, -0.25) is 0 Å². The lowest BCUT2D eigenvalue weighted by atomic mass is 10.1. The molecular weight excluding hydrogens is 1030 g/mol. The zero-order valence-corrected chi connectivity index (χ0v) is 40.1. The molecular formula is C43H41BrF6N6O7S4. The van der Waals surface area contributed by atoms with Gasteiger partial charge in [-0.2, -0.15) is 8.61 Å². The minimum absolute atomic E-state index is 0.0731. The van der Waals surface area contributed by atoms with Crippen LogP contribution in [-0.2, 0) is 32.9 Å². The number of hydrogen-bond donors (Lipinski definition) is 0. The molecule has 0 N–H and O–H groups in total. The predicted octanol–water partition coefficient (Wildman–Crippen LogP) is 9.06. The highest BCUT2D eigenvalue weighted by molar-refractivity contribution is 9.10. The molecule has 4 heterocycles. The van der Waals surface area contributed by atoms with Gasteiger partial charge in [-0.25, -0.2) is 26.8 Å². The summed E-state index contributed by atoms with van der Waals surface area (Å²) in [6, 6.07) is 24.3. The van der Waals surface area contributed by atoms with E-state index in [4.69, 9.17) is 14.7 Å². The Morgan fingerprint density at radius 3 is 1.36 bits per heavy atom. The van der Waals surface area contributed by atoms with Crippen molar-refractivity contribution in [1.29, 1.82) is 0 Å². The standard InChI is InChI=1S/C22H22F3N3O4S2.C21H19BrF3N3O3S2/c1-31-19-4-2-3-16(14-19)13-17-15-33-21(26-17)27-9-11-28(12-10-27)34(29,30)20-7-5-18(6-8-20)32-22(23,24)25;22-16-3-1-2-15(12-16)13-17-14-32-20(26-17)27-8-10-28(11-9-27)33(29,30)19-6-4-18(5-7-19)31-21(23,24)25/h2-8,14-15H,9-13H2,1H3;1-7,12,14H,8-11,13H2. The van der Waals surface area contributed by atoms with E-state index in [0.717, 1.165) is 91.5 Å². The first kappa shape index (κ1) is 49.9. The fourth-order valence-electron chi connectivity index (χ4n) is 7.06. The Morgan fingerprint density at radius 2 is 0.970 bits per heavy atom.